The Morgan fingerprint density at radius 1 is 1.30 bits per heavy atom. The fraction of sp³-hybridized carbons (Fsp3) is 0.227. The predicted octanol–water partition coefficient (Wildman–Crippen LogP) is 4.21. The molecule has 1 saturated heterocycles. The van der Waals surface area contributed by atoms with Crippen LogP contribution in [0, 0.1) is 6.92 Å². The van der Waals surface area contributed by atoms with Gasteiger partial charge in [0.25, 0.3) is 0 Å². The van der Waals surface area contributed by atoms with Crippen molar-refractivity contribution in [1.82, 2.24) is 10.3 Å². The van der Waals surface area contributed by atoms with Crippen molar-refractivity contribution in [3.05, 3.63) is 76.2 Å². The number of amides is 1. The summed E-state index contributed by atoms with van der Waals surface area (Å²) in [5.41, 5.74) is 3.62. The van der Waals surface area contributed by atoms with Gasteiger partial charge in [-0.15, -0.1) is 11.3 Å². The Bertz CT molecular complexity index is 1040. The van der Waals surface area contributed by atoms with Crippen LogP contribution in [0.25, 0.3) is 0 Å². The summed E-state index contributed by atoms with van der Waals surface area (Å²) < 4.78 is 4.89. The number of ether oxygens (including phenoxy) is 1. The van der Waals surface area contributed by atoms with Crippen LogP contribution < -0.4 is 15.5 Å². The number of pyridine rings is 1. The normalized spacial score (nSPS) is 18.3. The van der Waals surface area contributed by atoms with Crippen LogP contribution in [0.4, 0.5) is 11.4 Å². The van der Waals surface area contributed by atoms with Gasteiger partial charge in [0.05, 0.1) is 17.8 Å². The summed E-state index contributed by atoms with van der Waals surface area (Å²) in [5.74, 6) is -0.182. The number of aromatic nitrogens is 1. The lowest BCUT2D eigenvalue weighted by Gasteiger charge is -2.27. The minimum Gasteiger partial charge on any atom is -0.375 e. The molecular formula is C22H22N4O2S2. The summed E-state index contributed by atoms with van der Waals surface area (Å²) >= 11 is 7.44. The van der Waals surface area contributed by atoms with E-state index >= 15 is 0 Å². The second-order valence-electron chi connectivity index (χ2n) is 6.99. The van der Waals surface area contributed by atoms with Gasteiger partial charge in [0.2, 0.25) is 5.91 Å². The quantitative estimate of drug-likeness (QED) is 0.562. The molecule has 2 atom stereocenters. The first kappa shape index (κ1) is 20.5. The Morgan fingerprint density at radius 2 is 2.17 bits per heavy atom. The molecule has 1 aliphatic heterocycles. The molecule has 3 aromatic rings. The van der Waals surface area contributed by atoms with Crippen LogP contribution in [0.2, 0.25) is 0 Å². The monoisotopic (exact) mass is 438 g/mol. The minimum absolute atomic E-state index is 0.0132. The second kappa shape index (κ2) is 8.91. The Labute approximate surface area is 184 Å². The average Bonchev–Trinajstić information content (AvgIpc) is 3.38. The number of hydrogen-bond acceptors (Lipinski definition) is 5. The summed E-state index contributed by atoms with van der Waals surface area (Å²) in [6, 6.07) is 15.9. The Kier molecular flexibility index (Phi) is 6.08. The molecule has 6 nitrogen and oxygen atoms in total. The first-order chi connectivity index (χ1) is 14.6. The van der Waals surface area contributed by atoms with Gasteiger partial charge < -0.3 is 20.3 Å². The summed E-state index contributed by atoms with van der Waals surface area (Å²) in [7, 11) is 1.50. The fourth-order valence-electron chi connectivity index (χ4n) is 3.64. The number of aryl methyl sites for hydroxylation is 1. The third kappa shape index (κ3) is 4.07. The number of thiocarbonyl (C=S) groups is 1. The number of nitrogens with one attached hydrogen (secondary N) is 2. The molecule has 0 bridgehead atoms. The molecule has 1 aromatic carbocycles. The molecule has 2 aromatic heterocycles. The third-order valence-corrected chi connectivity index (χ3v) is 6.23. The molecule has 0 spiro atoms. The smallest absolute Gasteiger partial charge is 0.250 e. The molecule has 0 saturated carbocycles. The lowest BCUT2D eigenvalue weighted by Crippen LogP contribution is -2.29. The first-order valence-electron chi connectivity index (χ1n) is 9.52. The highest BCUT2D eigenvalue weighted by atomic mass is 32.1. The van der Waals surface area contributed by atoms with Gasteiger partial charge in [-0.2, -0.15) is 0 Å². The van der Waals surface area contributed by atoms with Gasteiger partial charge in [-0.25, -0.2) is 0 Å². The van der Waals surface area contributed by atoms with Gasteiger partial charge in [-0.3, -0.25) is 9.78 Å². The first-order valence-corrected chi connectivity index (χ1v) is 10.8. The van der Waals surface area contributed by atoms with Crippen molar-refractivity contribution in [3.8, 4) is 0 Å². The minimum atomic E-state index is -0.182. The van der Waals surface area contributed by atoms with Crippen molar-refractivity contribution in [2.24, 2.45) is 0 Å². The highest BCUT2D eigenvalue weighted by Gasteiger charge is 2.41. The molecule has 0 radical (unpaired) electrons. The highest BCUT2D eigenvalue weighted by Crippen LogP contribution is 2.43. The molecule has 3 heterocycles. The maximum Gasteiger partial charge on any atom is 0.250 e. The van der Waals surface area contributed by atoms with E-state index in [9.17, 15) is 4.79 Å². The van der Waals surface area contributed by atoms with Gasteiger partial charge in [-0.1, -0.05) is 12.1 Å². The molecule has 1 aliphatic rings. The van der Waals surface area contributed by atoms with E-state index in [1.54, 1.807) is 17.5 Å². The van der Waals surface area contributed by atoms with E-state index in [4.69, 9.17) is 17.0 Å². The lowest BCUT2D eigenvalue weighted by atomic mass is 10.0. The van der Waals surface area contributed by atoms with Crippen LogP contribution >= 0.6 is 23.6 Å². The number of benzene rings is 1. The third-order valence-electron chi connectivity index (χ3n) is 4.97. The number of thiophene rings is 1. The lowest BCUT2D eigenvalue weighted by molar-refractivity contribution is -0.119. The van der Waals surface area contributed by atoms with Crippen molar-refractivity contribution < 1.29 is 9.53 Å². The summed E-state index contributed by atoms with van der Waals surface area (Å²) in [6.45, 7) is 1.99. The number of nitrogens with zero attached hydrogens (tertiary/aromatic N) is 2. The topological polar surface area (TPSA) is 66.5 Å². The molecule has 0 aliphatic carbocycles. The van der Waals surface area contributed by atoms with Gasteiger partial charge in [0, 0.05) is 29.6 Å². The molecule has 154 valence electrons. The number of rotatable bonds is 6. The van der Waals surface area contributed by atoms with Gasteiger partial charge in [-0.05, 0) is 66.5 Å². The molecule has 8 heteroatoms. The number of carbonyl (C=O) groups excluding carboxylic acids is 1. The molecule has 0 unspecified atom stereocenters. The van der Waals surface area contributed by atoms with E-state index in [1.807, 2.05) is 43.3 Å². The largest absolute Gasteiger partial charge is 0.375 e. The number of anilines is 2. The van der Waals surface area contributed by atoms with Crippen molar-refractivity contribution in [1.29, 1.82) is 0 Å². The second-order valence-corrected chi connectivity index (χ2v) is 8.36. The van der Waals surface area contributed by atoms with E-state index < -0.39 is 0 Å². The fourth-order valence-corrected chi connectivity index (χ4v) is 4.84. The molecule has 1 fully saturated rings. The molecule has 2 N–H and O–H groups in total. The maximum atomic E-state index is 11.9. The van der Waals surface area contributed by atoms with Gasteiger partial charge in [0.1, 0.15) is 6.61 Å². The zero-order chi connectivity index (χ0) is 21.1. The summed E-state index contributed by atoms with van der Waals surface area (Å²) in [4.78, 5) is 19.8. The molecule has 1 amide bonds. The number of hydrogen-bond donors (Lipinski definition) is 2. The van der Waals surface area contributed by atoms with E-state index in [-0.39, 0.29) is 24.6 Å². The van der Waals surface area contributed by atoms with E-state index in [0.29, 0.717) is 5.11 Å². The van der Waals surface area contributed by atoms with E-state index in [2.05, 4.69) is 38.0 Å². The van der Waals surface area contributed by atoms with Crippen LogP contribution in [0.3, 0.4) is 0 Å². The molecular weight excluding hydrogens is 416 g/mol. The van der Waals surface area contributed by atoms with Crippen molar-refractivity contribution in [2.45, 2.75) is 19.0 Å². The Morgan fingerprint density at radius 3 is 2.83 bits per heavy atom. The van der Waals surface area contributed by atoms with Gasteiger partial charge in [0.15, 0.2) is 5.11 Å². The van der Waals surface area contributed by atoms with Crippen LogP contribution in [-0.4, -0.2) is 29.7 Å². The molecule has 30 heavy (non-hydrogen) atoms. The van der Waals surface area contributed by atoms with Crippen LogP contribution in [-0.2, 0) is 9.53 Å². The van der Waals surface area contributed by atoms with E-state index in [1.165, 1.54) is 12.0 Å². The summed E-state index contributed by atoms with van der Waals surface area (Å²) in [5, 5.41) is 9.06. The Balaban J connectivity index is 1.69. The molecule has 4 rings (SSSR count). The zero-order valence-corrected chi connectivity index (χ0v) is 18.3. The highest BCUT2D eigenvalue weighted by molar-refractivity contribution is 7.80. The number of carbonyl (C=O) groups is 1. The van der Waals surface area contributed by atoms with Crippen molar-refractivity contribution >= 4 is 45.9 Å². The van der Waals surface area contributed by atoms with Crippen LogP contribution in [0.15, 0.2) is 60.1 Å². The summed E-state index contributed by atoms with van der Waals surface area (Å²) in [6.07, 6.45) is 1.80. The zero-order valence-electron chi connectivity index (χ0n) is 16.7. The van der Waals surface area contributed by atoms with E-state index in [0.717, 1.165) is 22.6 Å². The van der Waals surface area contributed by atoms with Gasteiger partial charge >= 0.3 is 0 Å². The standard InChI is InChI=1S/C22H22N4O2S2/c1-14-12-15(8-9-16(14)24-19(27)13-28-2)26-21(18-7-5-11-30-18)20(25-22(26)29)17-6-3-4-10-23-17/h3-12,20-21H,13H2,1-2H3,(H,24,27)(H,25,29)/t20-,21+/m0/s1. The van der Waals surface area contributed by atoms with Crippen LogP contribution in [0.1, 0.15) is 28.2 Å². The van der Waals surface area contributed by atoms with Crippen LogP contribution in [0.5, 0.6) is 0 Å². The SMILES string of the molecule is COCC(=O)Nc1ccc(N2C(=S)N[C@@H](c3ccccn3)[C@H]2c2cccs2)cc1C. The van der Waals surface area contributed by atoms with Crippen molar-refractivity contribution in [2.75, 3.05) is 23.9 Å². The average molecular weight is 439 g/mol. The maximum absolute atomic E-state index is 11.9. The van der Waals surface area contributed by atoms with Crippen molar-refractivity contribution in [3.63, 3.8) is 0 Å². The Hall–Kier alpha value is -2.81. The number of methoxy groups -OCH3 is 1. The predicted molar refractivity (Wildman–Crippen MR) is 124 cm³/mol.